The number of hydrogen-bond donors (Lipinski definition) is 3. The maximum Gasteiger partial charge on any atom is 0.335 e. The molecule has 28 heavy (non-hydrogen) atoms. The van der Waals surface area contributed by atoms with Gasteiger partial charge in [-0.2, -0.15) is 5.10 Å². The van der Waals surface area contributed by atoms with Crippen LogP contribution >= 0.6 is 0 Å². The average molecular weight is 390 g/mol. The molecule has 0 aliphatic carbocycles. The van der Waals surface area contributed by atoms with Crippen molar-refractivity contribution in [2.45, 2.75) is 26.2 Å². The van der Waals surface area contributed by atoms with E-state index < -0.39 is 17.1 Å². The lowest BCUT2D eigenvalue weighted by Gasteiger charge is -2.14. The highest BCUT2D eigenvalue weighted by atomic mass is 16.5. The monoisotopic (exact) mass is 390 g/mol. The number of hydrogen-bond acceptors (Lipinski definition) is 7. The fourth-order valence-corrected chi connectivity index (χ4v) is 2.41. The molecule has 0 saturated heterocycles. The molecule has 2 aromatic rings. The smallest absolute Gasteiger partial charge is 0.335 e. The van der Waals surface area contributed by atoms with Gasteiger partial charge in [0.05, 0.1) is 26.1 Å². The van der Waals surface area contributed by atoms with Crippen LogP contribution in [0.1, 0.15) is 31.7 Å². The Balaban J connectivity index is 2.49. The van der Waals surface area contributed by atoms with Crippen LogP contribution in [0.5, 0.6) is 17.4 Å². The zero-order chi connectivity index (χ0) is 20.7. The number of carbonyl (C=O) groups is 1. The molecular formula is C18H22N4O6. The summed E-state index contributed by atoms with van der Waals surface area (Å²) < 4.78 is 11.2. The highest BCUT2D eigenvalue weighted by Crippen LogP contribution is 2.29. The summed E-state index contributed by atoms with van der Waals surface area (Å²) >= 11 is 0. The summed E-state index contributed by atoms with van der Waals surface area (Å²) in [6.45, 7) is 1.95. The van der Waals surface area contributed by atoms with Gasteiger partial charge in [-0.1, -0.05) is 13.3 Å². The molecule has 0 unspecified atom stereocenters. The van der Waals surface area contributed by atoms with Crippen molar-refractivity contribution in [1.82, 2.24) is 15.0 Å². The normalized spacial score (nSPS) is 10.8. The minimum absolute atomic E-state index is 0.155. The third kappa shape index (κ3) is 4.58. The number of hydrazone groups is 1. The van der Waals surface area contributed by atoms with Crippen molar-refractivity contribution in [3.63, 3.8) is 0 Å². The Labute approximate surface area is 160 Å². The first-order valence-corrected chi connectivity index (χ1v) is 8.55. The number of nitrogens with one attached hydrogen (secondary N) is 2. The minimum Gasteiger partial charge on any atom is -0.497 e. The van der Waals surface area contributed by atoms with E-state index in [1.165, 1.54) is 20.3 Å². The molecule has 1 aromatic heterocycles. The van der Waals surface area contributed by atoms with Gasteiger partial charge in [0.15, 0.2) is 0 Å². The predicted octanol–water partition coefficient (Wildman–Crippen LogP) is 0.889. The Hall–Kier alpha value is -3.56. The van der Waals surface area contributed by atoms with Crippen molar-refractivity contribution in [3.8, 4) is 23.1 Å². The highest BCUT2D eigenvalue weighted by molar-refractivity contribution is 5.84. The van der Waals surface area contributed by atoms with Crippen molar-refractivity contribution < 1.29 is 19.4 Å². The van der Waals surface area contributed by atoms with Gasteiger partial charge in [-0.25, -0.2) is 14.8 Å². The second-order valence-electron chi connectivity index (χ2n) is 5.77. The Kier molecular flexibility index (Phi) is 6.96. The summed E-state index contributed by atoms with van der Waals surface area (Å²) in [7, 11) is 2.84. The molecule has 1 amide bonds. The Morgan fingerprint density at radius 1 is 1.32 bits per heavy atom. The van der Waals surface area contributed by atoms with E-state index in [1.54, 1.807) is 12.1 Å². The number of aromatic amines is 1. The molecule has 0 aliphatic rings. The number of ether oxygens (including phenoxy) is 2. The van der Waals surface area contributed by atoms with Crippen LogP contribution in [0.25, 0.3) is 5.69 Å². The van der Waals surface area contributed by atoms with Crippen LogP contribution in [0.15, 0.2) is 32.9 Å². The molecule has 0 spiro atoms. The molecule has 3 N–H and O–H groups in total. The van der Waals surface area contributed by atoms with Crippen molar-refractivity contribution in [2.24, 2.45) is 5.10 Å². The van der Waals surface area contributed by atoms with Gasteiger partial charge in [-0.15, -0.1) is 0 Å². The first-order valence-electron chi connectivity index (χ1n) is 8.55. The third-order valence-electron chi connectivity index (χ3n) is 3.89. The number of rotatable bonds is 8. The standard InChI is InChI=1S/C18H22N4O6/c1-4-5-6-15(23)21-19-10-12-16(24)20-18(26)22(17(12)25)13-9-11(27-2)7-8-14(13)28-3/h7-10,25H,4-6H2,1-3H3,(H,21,23)(H,20,24,26)/b19-10+. The average Bonchev–Trinajstić information content (AvgIpc) is 2.68. The van der Waals surface area contributed by atoms with E-state index >= 15 is 0 Å². The summed E-state index contributed by atoms with van der Waals surface area (Å²) in [6.07, 6.45) is 2.82. The fourth-order valence-electron chi connectivity index (χ4n) is 2.41. The van der Waals surface area contributed by atoms with Gasteiger partial charge in [0.25, 0.3) is 5.56 Å². The van der Waals surface area contributed by atoms with Crippen molar-refractivity contribution >= 4 is 12.1 Å². The predicted molar refractivity (Wildman–Crippen MR) is 103 cm³/mol. The molecule has 10 nitrogen and oxygen atoms in total. The number of H-pyrrole nitrogens is 1. The van der Waals surface area contributed by atoms with E-state index in [1.807, 2.05) is 6.92 Å². The zero-order valence-corrected chi connectivity index (χ0v) is 15.8. The first-order chi connectivity index (χ1) is 13.4. The number of aromatic nitrogens is 2. The van der Waals surface area contributed by atoms with Crippen LogP contribution in [-0.2, 0) is 4.79 Å². The van der Waals surface area contributed by atoms with Crippen molar-refractivity contribution in [1.29, 1.82) is 0 Å². The summed E-state index contributed by atoms with van der Waals surface area (Å²) in [6, 6.07) is 4.63. The van der Waals surface area contributed by atoms with Crippen molar-refractivity contribution in [2.75, 3.05) is 14.2 Å². The third-order valence-corrected chi connectivity index (χ3v) is 3.89. The van der Waals surface area contributed by atoms with E-state index in [9.17, 15) is 19.5 Å². The van der Waals surface area contributed by atoms with Crippen LogP contribution in [0.3, 0.4) is 0 Å². The topological polar surface area (TPSA) is 135 Å². The molecular weight excluding hydrogens is 368 g/mol. The second kappa shape index (κ2) is 9.40. The molecule has 2 rings (SSSR count). The lowest BCUT2D eigenvalue weighted by Crippen LogP contribution is -2.32. The Morgan fingerprint density at radius 2 is 2.07 bits per heavy atom. The van der Waals surface area contributed by atoms with Gasteiger partial charge in [-0.3, -0.25) is 14.6 Å². The Morgan fingerprint density at radius 3 is 2.71 bits per heavy atom. The SMILES string of the molecule is CCCCC(=O)N/N=C/c1c(O)n(-c2cc(OC)ccc2OC)c(=O)[nH]c1=O. The fraction of sp³-hybridized carbons (Fsp3) is 0.333. The number of carbonyl (C=O) groups excluding carboxylic acids is 1. The molecule has 0 atom stereocenters. The van der Waals surface area contributed by atoms with E-state index in [2.05, 4.69) is 15.5 Å². The summed E-state index contributed by atoms with van der Waals surface area (Å²) in [5.41, 5.74) is 0.388. The van der Waals surface area contributed by atoms with Gasteiger partial charge in [0.2, 0.25) is 11.8 Å². The maximum atomic E-state index is 12.3. The lowest BCUT2D eigenvalue weighted by molar-refractivity contribution is -0.121. The molecule has 150 valence electrons. The molecule has 0 fully saturated rings. The molecule has 1 heterocycles. The van der Waals surface area contributed by atoms with Crippen LogP contribution in [0, 0.1) is 0 Å². The molecule has 0 bridgehead atoms. The Bertz CT molecular complexity index is 993. The lowest BCUT2D eigenvalue weighted by atomic mass is 10.2. The number of amides is 1. The number of unbranched alkanes of at least 4 members (excludes halogenated alkanes) is 1. The van der Waals surface area contributed by atoms with Gasteiger partial charge < -0.3 is 14.6 Å². The van der Waals surface area contributed by atoms with E-state index in [0.29, 0.717) is 12.2 Å². The molecule has 1 aromatic carbocycles. The van der Waals surface area contributed by atoms with E-state index in [-0.39, 0.29) is 29.3 Å². The zero-order valence-electron chi connectivity index (χ0n) is 15.8. The van der Waals surface area contributed by atoms with Crippen LogP contribution < -0.4 is 26.1 Å². The highest BCUT2D eigenvalue weighted by Gasteiger charge is 2.18. The summed E-state index contributed by atoms with van der Waals surface area (Å²) in [5.74, 6) is -0.309. The van der Waals surface area contributed by atoms with Gasteiger partial charge in [0, 0.05) is 12.5 Å². The molecule has 0 saturated carbocycles. The molecule has 0 aliphatic heterocycles. The number of benzene rings is 1. The largest absolute Gasteiger partial charge is 0.497 e. The van der Waals surface area contributed by atoms with Gasteiger partial charge in [0.1, 0.15) is 17.1 Å². The number of nitrogens with zero attached hydrogens (tertiary/aromatic N) is 2. The molecule has 0 radical (unpaired) electrons. The second-order valence-corrected chi connectivity index (χ2v) is 5.77. The van der Waals surface area contributed by atoms with Crippen LogP contribution in [0.2, 0.25) is 0 Å². The van der Waals surface area contributed by atoms with E-state index in [0.717, 1.165) is 17.2 Å². The number of methoxy groups -OCH3 is 2. The van der Waals surface area contributed by atoms with Gasteiger partial charge >= 0.3 is 5.69 Å². The maximum absolute atomic E-state index is 12.3. The quantitative estimate of drug-likeness (QED) is 0.452. The minimum atomic E-state index is -0.877. The van der Waals surface area contributed by atoms with Crippen LogP contribution in [0.4, 0.5) is 0 Å². The van der Waals surface area contributed by atoms with Gasteiger partial charge in [-0.05, 0) is 18.6 Å². The summed E-state index contributed by atoms with van der Waals surface area (Å²) in [4.78, 5) is 38.1. The first kappa shape index (κ1) is 20.7. The molecule has 10 heteroatoms. The number of aromatic hydroxyl groups is 1. The summed E-state index contributed by atoms with van der Waals surface area (Å²) in [5, 5.41) is 14.2. The van der Waals surface area contributed by atoms with Crippen molar-refractivity contribution in [3.05, 3.63) is 44.6 Å². The van der Waals surface area contributed by atoms with Crippen LogP contribution in [-0.4, -0.2) is 41.0 Å². The van der Waals surface area contributed by atoms with E-state index in [4.69, 9.17) is 9.47 Å².